The smallest absolute Gasteiger partial charge is 0.313 e. The van der Waals surface area contributed by atoms with Crippen molar-refractivity contribution >= 4 is 40.3 Å². The molecule has 0 radical (unpaired) electrons. The molecule has 0 spiro atoms. The van der Waals surface area contributed by atoms with E-state index in [-0.39, 0.29) is 22.2 Å². The Morgan fingerprint density at radius 1 is 1.13 bits per heavy atom. The van der Waals surface area contributed by atoms with Crippen molar-refractivity contribution in [2.24, 2.45) is 5.10 Å². The zero-order chi connectivity index (χ0) is 27.4. The van der Waals surface area contributed by atoms with Crippen LogP contribution in [0.2, 0.25) is 5.02 Å². The van der Waals surface area contributed by atoms with Crippen LogP contribution < -0.4 is 10.3 Å². The molecule has 0 bridgehead atoms. The van der Waals surface area contributed by atoms with E-state index in [1.54, 1.807) is 41.3 Å². The third-order valence-electron chi connectivity index (χ3n) is 6.05. The van der Waals surface area contributed by atoms with E-state index in [0.29, 0.717) is 48.6 Å². The number of aromatic nitrogens is 2. The van der Waals surface area contributed by atoms with Gasteiger partial charge in [0.1, 0.15) is 0 Å². The summed E-state index contributed by atoms with van der Waals surface area (Å²) in [6.07, 6.45) is 1.28. The maximum atomic E-state index is 13.3. The number of carbonyl (C=O) groups is 1. The quantitative estimate of drug-likeness (QED) is 0.196. The lowest BCUT2D eigenvalue weighted by atomic mass is 10.2. The van der Waals surface area contributed by atoms with Crippen molar-refractivity contribution < 1.29 is 19.2 Å². The summed E-state index contributed by atoms with van der Waals surface area (Å²) in [5.74, 6) is -0.251. The van der Waals surface area contributed by atoms with Crippen molar-refractivity contribution in [3.8, 4) is 17.1 Å². The molecule has 3 aromatic carbocycles. The van der Waals surface area contributed by atoms with Crippen LogP contribution in [0.5, 0.6) is 5.75 Å². The predicted octanol–water partition coefficient (Wildman–Crippen LogP) is 3.74. The molecule has 0 N–H and O–H groups in total. The first-order valence-corrected chi connectivity index (χ1v) is 12.4. The highest BCUT2D eigenvalue weighted by atomic mass is 35.5. The van der Waals surface area contributed by atoms with Gasteiger partial charge in [0.2, 0.25) is 5.75 Å². The lowest BCUT2D eigenvalue weighted by molar-refractivity contribution is -0.385. The molecule has 5 rings (SSSR count). The Balaban J connectivity index is 1.49. The summed E-state index contributed by atoms with van der Waals surface area (Å²) in [6.45, 7) is 1.26. The Labute approximate surface area is 227 Å². The molecule has 1 aromatic heterocycles. The number of nitro benzene ring substituents is 1. The normalized spacial score (nSPS) is 13.6. The van der Waals surface area contributed by atoms with Gasteiger partial charge in [0.25, 0.3) is 11.5 Å². The van der Waals surface area contributed by atoms with Crippen molar-refractivity contribution in [2.45, 2.75) is 0 Å². The van der Waals surface area contributed by atoms with Gasteiger partial charge in [-0.05, 0) is 18.2 Å². The molecule has 1 aliphatic heterocycles. The molecule has 1 amide bonds. The number of rotatable bonds is 7. The summed E-state index contributed by atoms with van der Waals surface area (Å²) in [4.78, 5) is 43.1. The summed E-state index contributed by atoms with van der Waals surface area (Å²) in [5.41, 5.74) is 0.580. The predicted molar refractivity (Wildman–Crippen MR) is 145 cm³/mol. The Morgan fingerprint density at radius 2 is 1.85 bits per heavy atom. The number of nitrogens with zero attached hydrogens (tertiary/aromatic N) is 5. The van der Waals surface area contributed by atoms with Crippen LogP contribution in [0.25, 0.3) is 22.3 Å². The van der Waals surface area contributed by atoms with E-state index in [2.05, 4.69) is 10.1 Å². The number of benzene rings is 3. The summed E-state index contributed by atoms with van der Waals surface area (Å²) < 4.78 is 11.9. The fourth-order valence-electron chi connectivity index (χ4n) is 4.12. The van der Waals surface area contributed by atoms with Crippen LogP contribution in [0.15, 0.2) is 76.6 Å². The van der Waals surface area contributed by atoms with Gasteiger partial charge in [-0.25, -0.2) is 4.98 Å². The summed E-state index contributed by atoms with van der Waals surface area (Å²) in [6, 6.07) is 18.6. The average molecular weight is 548 g/mol. The lowest BCUT2D eigenvalue weighted by Crippen LogP contribution is -2.43. The van der Waals surface area contributed by atoms with E-state index in [0.717, 1.165) is 4.68 Å². The molecule has 1 saturated heterocycles. The number of ether oxygens (including phenoxy) is 2. The van der Waals surface area contributed by atoms with Crippen LogP contribution in [0, 0.1) is 10.1 Å². The Morgan fingerprint density at radius 3 is 2.59 bits per heavy atom. The highest BCUT2D eigenvalue weighted by Gasteiger charge is 2.24. The third-order valence-corrected chi connectivity index (χ3v) is 6.34. The molecule has 0 unspecified atom stereocenters. The largest absolute Gasteiger partial charge is 0.476 e. The first-order valence-electron chi connectivity index (χ1n) is 12.0. The second-order valence-electron chi connectivity index (χ2n) is 8.57. The van der Waals surface area contributed by atoms with Gasteiger partial charge in [0.05, 0.1) is 40.3 Å². The van der Waals surface area contributed by atoms with Crippen molar-refractivity contribution in [1.82, 2.24) is 14.6 Å². The summed E-state index contributed by atoms with van der Waals surface area (Å²) >= 11 is 6.35. The number of hydrogen-bond donors (Lipinski definition) is 0. The van der Waals surface area contributed by atoms with Gasteiger partial charge < -0.3 is 14.4 Å². The van der Waals surface area contributed by atoms with Crippen LogP contribution in [0.1, 0.15) is 5.56 Å². The minimum absolute atomic E-state index is 0.0762. The van der Waals surface area contributed by atoms with Gasteiger partial charge in [0, 0.05) is 30.3 Å². The number of halogens is 1. The number of carbonyl (C=O) groups excluding carboxylic acids is 1. The van der Waals surface area contributed by atoms with Gasteiger partial charge in [-0.2, -0.15) is 9.78 Å². The molecule has 11 nitrogen and oxygen atoms in total. The highest BCUT2D eigenvalue weighted by Crippen LogP contribution is 2.36. The second kappa shape index (κ2) is 11.4. The van der Waals surface area contributed by atoms with Crippen molar-refractivity contribution in [1.29, 1.82) is 0 Å². The van der Waals surface area contributed by atoms with Gasteiger partial charge in [-0.1, -0.05) is 54.1 Å². The third kappa shape index (κ3) is 5.64. The van der Waals surface area contributed by atoms with E-state index in [9.17, 15) is 19.7 Å². The van der Waals surface area contributed by atoms with Crippen molar-refractivity contribution in [2.75, 3.05) is 32.9 Å². The standard InChI is InChI=1S/C27H22ClN5O6/c28-21-14-18(15-23(33(36)37)25(21)39-17-24(34)31-10-12-38-13-11-31)16-29-32-26(19-6-2-1-3-7-19)30-22-9-5-4-8-20(22)27(32)35/h1-9,14-16H,10-13,17H2. The van der Waals surface area contributed by atoms with E-state index in [1.165, 1.54) is 18.3 Å². The minimum atomic E-state index is -0.656. The number of para-hydroxylation sites is 1. The molecule has 1 aliphatic rings. The van der Waals surface area contributed by atoms with Crippen LogP contribution in [-0.2, 0) is 9.53 Å². The fourth-order valence-corrected chi connectivity index (χ4v) is 4.40. The molecular weight excluding hydrogens is 526 g/mol. The molecule has 4 aromatic rings. The van der Waals surface area contributed by atoms with Crippen LogP contribution in [0.3, 0.4) is 0 Å². The maximum absolute atomic E-state index is 13.3. The molecule has 0 saturated carbocycles. The number of hydrogen-bond acceptors (Lipinski definition) is 8. The zero-order valence-electron chi connectivity index (χ0n) is 20.5. The topological polar surface area (TPSA) is 129 Å². The molecule has 0 aliphatic carbocycles. The monoisotopic (exact) mass is 547 g/mol. The Bertz CT molecular complexity index is 1630. The number of amides is 1. The van der Waals surface area contributed by atoms with E-state index in [4.69, 9.17) is 21.1 Å². The van der Waals surface area contributed by atoms with Gasteiger partial charge in [-0.15, -0.1) is 0 Å². The number of fused-ring (bicyclic) bond motifs is 1. The summed E-state index contributed by atoms with van der Waals surface area (Å²) in [7, 11) is 0. The van der Waals surface area contributed by atoms with Crippen molar-refractivity contribution in [3.63, 3.8) is 0 Å². The average Bonchev–Trinajstić information content (AvgIpc) is 2.96. The van der Waals surface area contributed by atoms with Gasteiger partial charge in [0.15, 0.2) is 12.4 Å². The Kier molecular flexibility index (Phi) is 7.62. The SMILES string of the molecule is O=C(COc1c(Cl)cc(C=Nn2c(-c3ccccc3)nc3ccccc3c2=O)cc1[N+](=O)[O-])N1CCOCC1. The van der Waals surface area contributed by atoms with E-state index < -0.39 is 22.8 Å². The maximum Gasteiger partial charge on any atom is 0.313 e. The van der Waals surface area contributed by atoms with Crippen LogP contribution in [0.4, 0.5) is 5.69 Å². The highest BCUT2D eigenvalue weighted by molar-refractivity contribution is 6.32. The van der Waals surface area contributed by atoms with Crippen molar-refractivity contribution in [3.05, 3.63) is 97.8 Å². The first-order chi connectivity index (χ1) is 18.9. The van der Waals surface area contributed by atoms with E-state index in [1.807, 2.05) is 18.2 Å². The zero-order valence-corrected chi connectivity index (χ0v) is 21.3. The lowest BCUT2D eigenvalue weighted by Gasteiger charge is -2.26. The molecule has 0 atom stereocenters. The molecule has 12 heteroatoms. The minimum Gasteiger partial charge on any atom is -0.476 e. The molecule has 2 heterocycles. The van der Waals surface area contributed by atoms with Gasteiger partial charge >= 0.3 is 5.69 Å². The second-order valence-corrected chi connectivity index (χ2v) is 8.98. The molecule has 1 fully saturated rings. The summed E-state index contributed by atoms with van der Waals surface area (Å²) in [5, 5.41) is 16.5. The molecule has 198 valence electrons. The van der Waals surface area contributed by atoms with Crippen LogP contribution in [-0.4, -0.2) is 64.5 Å². The number of morpholine rings is 1. The van der Waals surface area contributed by atoms with Gasteiger partial charge in [-0.3, -0.25) is 19.7 Å². The molecular formula is C27H22ClN5O6. The fraction of sp³-hybridized carbons (Fsp3) is 0.185. The van der Waals surface area contributed by atoms with Crippen LogP contribution >= 0.6 is 11.6 Å². The Hall–Kier alpha value is -4.61. The molecule has 39 heavy (non-hydrogen) atoms. The first kappa shape index (κ1) is 26.0. The number of nitro groups is 1. The van der Waals surface area contributed by atoms with E-state index >= 15 is 0 Å².